The van der Waals surface area contributed by atoms with E-state index < -0.39 is 47.0 Å². The molecule has 2 fully saturated rings. The van der Waals surface area contributed by atoms with Gasteiger partial charge >= 0.3 is 6.18 Å². The molecule has 2 aliphatic rings. The Kier molecular flexibility index (Phi) is 9.93. The monoisotopic (exact) mass is 605 g/mol. The Balaban J connectivity index is 0.000000624. The third-order valence-corrected chi connectivity index (χ3v) is 6.55. The van der Waals surface area contributed by atoms with Crippen LogP contribution >= 0.6 is 0 Å². The van der Waals surface area contributed by atoms with Crippen molar-refractivity contribution in [2.75, 3.05) is 31.5 Å². The Morgan fingerprint density at radius 2 is 1.50 bits per heavy atom. The van der Waals surface area contributed by atoms with Crippen molar-refractivity contribution < 1.29 is 36.7 Å². The van der Waals surface area contributed by atoms with E-state index in [-0.39, 0.29) is 30.3 Å². The van der Waals surface area contributed by atoms with E-state index in [1.54, 1.807) is 55.0 Å². The van der Waals surface area contributed by atoms with Crippen molar-refractivity contribution in [1.29, 1.82) is 0 Å². The first kappa shape index (κ1) is 31.5. The summed E-state index contributed by atoms with van der Waals surface area (Å²) in [5.41, 5.74) is 7.96. The minimum absolute atomic E-state index is 0.152. The van der Waals surface area contributed by atoms with Crippen LogP contribution in [-0.4, -0.2) is 69.4 Å². The average molecular weight is 606 g/mol. The average Bonchev–Trinajstić information content (AvgIpc) is 3.65. The molecule has 0 spiro atoms. The highest BCUT2D eigenvalue weighted by Crippen LogP contribution is 2.39. The standard InChI is InChI=1S/C26H22F3N3O4.C2H6OS.C2H6/c27-26(28,29)17-9-18-19(10-22(31-18)36-21-12-35-24-20(33)11-34-25(21)24)32-23(17)15-3-1-13(2-4-15)14-5-7-16(30)8-6-14;1-4(2)3;1-2/h1-10,20-21,24-25,31,33H,11-12,30H2;1-2H3;1-2H3/t20-,21-,24?,25-;;/m1../s1. The molecule has 2 aromatic heterocycles. The summed E-state index contributed by atoms with van der Waals surface area (Å²) in [6, 6.07) is 16.6. The van der Waals surface area contributed by atoms with Crippen LogP contribution in [0, 0.1) is 0 Å². The number of rotatable bonds is 4. The zero-order chi connectivity index (χ0) is 30.6. The van der Waals surface area contributed by atoms with Gasteiger partial charge in [-0.2, -0.15) is 13.2 Å². The lowest BCUT2D eigenvalue weighted by atomic mass is 10.00. The Morgan fingerprint density at radius 3 is 2.10 bits per heavy atom. The van der Waals surface area contributed by atoms with Crippen molar-refractivity contribution in [1.82, 2.24) is 9.97 Å². The number of aliphatic hydroxyl groups excluding tert-OH is 1. The second-order valence-corrected chi connectivity index (χ2v) is 11.2. The summed E-state index contributed by atoms with van der Waals surface area (Å²) in [5, 5.41) is 9.90. The number of nitrogens with one attached hydrogen (secondary N) is 1. The Bertz CT molecular complexity index is 1510. The maximum Gasteiger partial charge on any atom is 0.418 e. The summed E-state index contributed by atoms with van der Waals surface area (Å²) in [4.78, 5) is 7.22. The van der Waals surface area contributed by atoms with Crippen LogP contribution in [0.5, 0.6) is 5.88 Å². The lowest BCUT2D eigenvalue weighted by Crippen LogP contribution is -2.34. The first-order chi connectivity index (χ1) is 20.0. The molecule has 8 nitrogen and oxygen atoms in total. The summed E-state index contributed by atoms with van der Waals surface area (Å²) in [5.74, 6) is 0.251. The fourth-order valence-corrected chi connectivity index (χ4v) is 4.73. The van der Waals surface area contributed by atoms with Gasteiger partial charge in [0.15, 0.2) is 12.0 Å². The van der Waals surface area contributed by atoms with Crippen LogP contribution in [0.3, 0.4) is 0 Å². The van der Waals surface area contributed by atoms with Gasteiger partial charge in [0.25, 0.3) is 0 Å². The van der Waals surface area contributed by atoms with E-state index in [4.69, 9.17) is 19.9 Å². The number of ether oxygens (including phenoxy) is 3. The number of anilines is 1. The molecule has 4 N–H and O–H groups in total. The zero-order valence-electron chi connectivity index (χ0n) is 23.6. The molecule has 0 bridgehead atoms. The highest BCUT2D eigenvalue weighted by Gasteiger charge is 2.48. The molecule has 6 rings (SSSR count). The van der Waals surface area contributed by atoms with E-state index in [9.17, 15) is 22.5 Å². The molecule has 4 aromatic rings. The van der Waals surface area contributed by atoms with Crippen molar-refractivity contribution in [3.63, 3.8) is 0 Å². The summed E-state index contributed by atoms with van der Waals surface area (Å²) < 4.78 is 68.6. The number of aromatic amines is 1. The summed E-state index contributed by atoms with van der Waals surface area (Å²) in [6.45, 7) is 4.35. The highest BCUT2D eigenvalue weighted by atomic mass is 32.2. The van der Waals surface area contributed by atoms with Crippen molar-refractivity contribution in [3.8, 4) is 28.3 Å². The van der Waals surface area contributed by atoms with Gasteiger partial charge in [0, 0.05) is 40.6 Å². The van der Waals surface area contributed by atoms with Gasteiger partial charge in [-0.15, -0.1) is 0 Å². The predicted octanol–water partition coefficient (Wildman–Crippen LogP) is 5.42. The molecule has 0 saturated carbocycles. The van der Waals surface area contributed by atoms with E-state index in [1.807, 2.05) is 26.0 Å². The van der Waals surface area contributed by atoms with Crippen LogP contribution in [0.15, 0.2) is 60.7 Å². The lowest BCUT2D eigenvalue weighted by molar-refractivity contribution is -0.137. The molecule has 226 valence electrons. The number of halogens is 3. The summed E-state index contributed by atoms with van der Waals surface area (Å²) in [7, 11) is -0.611. The number of benzene rings is 2. The third kappa shape index (κ3) is 7.12. The van der Waals surface area contributed by atoms with E-state index in [2.05, 4.69) is 9.97 Å². The van der Waals surface area contributed by atoms with E-state index in [0.717, 1.165) is 17.2 Å². The number of alkyl halides is 3. The van der Waals surface area contributed by atoms with Crippen molar-refractivity contribution in [3.05, 3.63) is 66.2 Å². The normalized spacial score (nSPS) is 21.4. The van der Waals surface area contributed by atoms with Gasteiger partial charge in [0.2, 0.25) is 0 Å². The van der Waals surface area contributed by atoms with E-state index in [1.165, 1.54) is 0 Å². The van der Waals surface area contributed by atoms with Crippen molar-refractivity contribution in [2.24, 2.45) is 0 Å². The second kappa shape index (κ2) is 13.2. The Labute approximate surface area is 244 Å². The number of nitrogens with zero attached hydrogens (tertiary/aromatic N) is 1. The number of hydrogen-bond acceptors (Lipinski definition) is 7. The number of fused-ring (bicyclic) bond motifs is 2. The molecule has 0 aliphatic carbocycles. The van der Waals surface area contributed by atoms with E-state index >= 15 is 0 Å². The first-order valence-corrected chi connectivity index (χ1v) is 15.4. The quantitative estimate of drug-likeness (QED) is 0.266. The van der Waals surface area contributed by atoms with Crippen LogP contribution in [0.1, 0.15) is 19.4 Å². The molecular weight excluding hydrogens is 571 g/mol. The molecular formula is C30H34F3N3O5S. The number of nitrogens with two attached hydrogens (primary N) is 1. The molecule has 4 heterocycles. The van der Waals surface area contributed by atoms with Crippen molar-refractivity contribution in [2.45, 2.75) is 44.4 Å². The number of hydrogen-bond donors (Lipinski definition) is 3. The number of nitrogen functional groups attached to an aromatic ring is 1. The minimum Gasteiger partial charge on any atom is -0.470 e. The molecule has 1 unspecified atom stereocenters. The molecule has 0 amide bonds. The predicted molar refractivity (Wildman–Crippen MR) is 158 cm³/mol. The Hall–Kier alpha value is -3.45. The van der Waals surface area contributed by atoms with Gasteiger partial charge in [0.05, 0.1) is 35.5 Å². The fourth-order valence-electron chi connectivity index (χ4n) is 4.73. The number of H-pyrrole nitrogens is 1. The van der Waals surface area contributed by atoms with Crippen LogP contribution in [0.25, 0.3) is 33.4 Å². The number of pyridine rings is 1. The van der Waals surface area contributed by atoms with E-state index in [0.29, 0.717) is 16.8 Å². The second-order valence-electron chi connectivity index (χ2n) is 9.71. The van der Waals surface area contributed by atoms with Crippen LogP contribution < -0.4 is 10.5 Å². The Morgan fingerprint density at radius 1 is 0.952 bits per heavy atom. The van der Waals surface area contributed by atoms with Crippen LogP contribution in [0.2, 0.25) is 0 Å². The maximum absolute atomic E-state index is 14.0. The van der Waals surface area contributed by atoms with Crippen LogP contribution in [0.4, 0.5) is 18.9 Å². The maximum atomic E-state index is 14.0. The van der Waals surface area contributed by atoms with Gasteiger partial charge in [-0.25, -0.2) is 4.98 Å². The number of aliphatic hydroxyl groups is 1. The largest absolute Gasteiger partial charge is 0.470 e. The molecule has 2 saturated heterocycles. The van der Waals surface area contributed by atoms with Gasteiger partial charge < -0.3 is 30.0 Å². The highest BCUT2D eigenvalue weighted by molar-refractivity contribution is 7.83. The smallest absolute Gasteiger partial charge is 0.418 e. The minimum atomic E-state index is -4.61. The summed E-state index contributed by atoms with van der Waals surface area (Å²) in [6.07, 6.45) is -3.48. The molecule has 42 heavy (non-hydrogen) atoms. The summed E-state index contributed by atoms with van der Waals surface area (Å²) >= 11 is 0. The third-order valence-electron chi connectivity index (χ3n) is 6.55. The molecule has 4 atom stereocenters. The van der Waals surface area contributed by atoms with Gasteiger partial charge in [-0.3, -0.25) is 4.21 Å². The number of aromatic nitrogens is 2. The molecule has 12 heteroatoms. The van der Waals surface area contributed by atoms with Gasteiger partial charge in [-0.05, 0) is 29.3 Å². The van der Waals surface area contributed by atoms with Crippen molar-refractivity contribution >= 4 is 27.5 Å². The topological polar surface area (TPSA) is 120 Å². The molecule has 2 aromatic carbocycles. The fraction of sp³-hybridized carbons (Fsp3) is 0.367. The molecule has 0 radical (unpaired) electrons. The first-order valence-electron chi connectivity index (χ1n) is 13.4. The zero-order valence-corrected chi connectivity index (χ0v) is 24.5. The van der Waals surface area contributed by atoms with Gasteiger partial charge in [0.1, 0.15) is 18.3 Å². The lowest BCUT2D eigenvalue weighted by Gasteiger charge is -2.16. The van der Waals surface area contributed by atoms with Gasteiger partial charge in [-0.1, -0.05) is 50.2 Å². The van der Waals surface area contributed by atoms with Crippen LogP contribution in [-0.2, 0) is 26.4 Å². The SMILES string of the molecule is CC.CS(C)=O.Nc1ccc(-c2ccc(-c3nc4cc(O[C@@H]5COC6[C@H](O)CO[C@@H]65)[nH]c4cc3C(F)(F)F)cc2)cc1. The molecule has 2 aliphatic heterocycles.